The fourth-order valence-corrected chi connectivity index (χ4v) is 8.09. The van der Waals surface area contributed by atoms with Gasteiger partial charge in [0.15, 0.2) is 0 Å². The van der Waals surface area contributed by atoms with Crippen molar-refractivity contribution < 1.29 is 9.30 Å². The molecule has 45 heavy (non-hydrogen) atoms. The molecule has 0 amide bonds. The SMILES string of the molecule is CCc1cc(Nc2ncc(Br)c(Nc3ccc4ccnn4c3P(C)(C)=O)n2)c(OC)cc1N1CCC(N2CCN(C)CC2)CC1. The van der Waals surface area contributed by atoms with Crippen molar-refractivity contribution >= 4 is 62.9 Å². The van der Waals surface area contributed by atoms with Gasteiger partial charge in [0, 0.05) is 63.3 Å². The van der Waals surface area contributed by atoms with Gasteiger partial charge in [0.2, 0.25) is 5.95 Å². The largest absolute Gasteiger partial charge is 0.494 e. The number of aromatic nitrogens is 4. The first-order valence-electron chi connectivity index (χ1n) is 15.6. The lowest BCUT2D eigenvalue weighted by molar-refractivity contribution is 0.0982. The molecule has 3 aromatic heterocycles. The predicted molar refractivity (Wildman–Crippen MR) is 187 cm³/mol. The molecule has 2 N–H and O–H groups in total. The van der Waals surface area contributed by atoms with E-state index in [9.17, 15) is 4.57 Å². The van der Waals surface area contributed by atoms with E-state index >= 15 is 0 Å². The highest BCUT2D eigenvalue weighted by atomic mass is 79.9. The molecule has 0 aliphatic carbocycles. The zero-order valence-electron chi connectivity index (χ0n) is 26.8. The van der Waals surface area contributed by atoms with Crippen molar-refractivity contribution in [3.05, 3.63) is 52.8 Å². The van der Waals surface area contributed by atoms with Gasteiger partial charge in [0.05, 0.1) is 34.7 Å². The highest BCUT2D eigenvalue weighted by molar-refractivity contribution is 9.10. The zero-order chi connectivity index (χ0) is 31.7. The molecule has 4 aromatic rings. The second kappa shape index (κ2) is 13.3. The van der Waals surface area contributed by atoms with E-state index in [2.05, 4.69) is 77.5 Å². The van der Waals surface area contributed by atoms with Gasteiger partial charge in [-0.15, -0.1) is 0 Å². The number of piperazine rings is 1. The number of likely N-dealkylation sites (N-methyl/N-ethyl adjacent to an activating group) is 1. The molecule has 0 spiro atoms. The summed E-state index contributed by atoms with van der Waals surface area (Å²) in [5.74, 6) is 1.71. The Morgan fingerprint density at radius 3 is 2.47 bits per heavy atom. The average Bonchev–Trinajstić information content (AvgIpc) is 3.51. The van der Waals surface area contributed by atoms with Crippen molar-refractivity contribution in [2.24, 2.45) is 0 Å². The van der Waals surface area contributed by atoms with Crippen LogP contribution in [0.4, 0.5) is 28.8 Å². The maximum atomic E-state index is 13.3. The number of benzene rings is 1. The van der Waals surface area contributed by atoms with E-state index in [4.69, 9.17) is 9.72 Å². The Balaban J connectivity index is 1.22. The Bertz CT molecular complexity index is 1710. The number of fused-ring (bicyclic) bond motifs is 1. The van der Waals surface area contributed by atoms with Gasteiger partial charge < -0.3 is 29.7 Å². The lowest BCUT2D eigenvalue weighted by Gasteiger charge is -2.43. The third kappa shape index (κ3) is 6.84. The van der Waals surface area contributed by atoms with E-state index in [1.54, 1.807) is 37.3 Å². The smallest absolute Gasteiger partial charge is 0.229 e. The highest BCUT2D eigenvalue weighted by Gasteiger charge is 2.28. The first-order chi connectivity index (χ1) is 21.6. The van der Waals surface area contributed by atoms with Crippen LogP contribution in [0.1, 0.15) is 25.3 Å². The van der Waals surface area contributed by atoms with Crippen molar-refractivity contribution in [1.29, 1.82) is 0 Å². The van der Waals surface area contributed by atoms with Crippen LogP contribution in [0.5, 0.6) is 5.75 Å². The fraction of sp³-hybridized carbons (Fsp3) is 0.469. The van der Waals surface area contributed by atoms with Crippen LogP contribution in [-0.2, 0) is 11.0 Å². The molecule has 13 heteroatoms. The number of hydrogen-bond donors (Lipinski definition) is 2. The second-order valence-electron chi connectivity index (χ2n) is 12.3. The number of piperidine rings is 1. The van der Waals surface area contributed by atoms with E-state index in [1.165, 1.54) is 37.2 Å². The highest BCUT2D eigenvalue weighted by Crippen LogP contribution is 2.40. The standard InChI is InChI=1S/C32H43BrN9O2P/c1-6-22-19-27(29(44-3)20-28(22)41-13-10-23(11-14-41)40-17-15-39(2)16-18-40)37-32-34-21-25(33)30(38-32)36-26-8-7-24-9-12-35-42(24)31(26)45(4,5)43/h7-9,12,19-21,23H,6,10-11,13-18H2,1-5H3,(H2,34,36,37,38). The van der Waals surface area contributed by atoms with Crippen molar-refractivity contribution in [2.45, 2.75) is 32.2 Å². The van der Waals surface area contributed by atoms with Crippen LogP contribution < -0.4 is 25.7 Å². The first kappa shape index (κ1) is 31.8. The number of rotatable bonds is 9. The van der Waals surface area contributed by atoms with Gasteiger partial charge in [-0.1, -0.05) is 6.92 Å². The normalized spacial score (nSPS) is 17.2. The number of nitrogens with one attached hydrogen (secondary N) is 2. The predicted octanol–water partition coefficient (Wildman–Crippen LogP) is 5.41. The van der Waals surface area contributed by atoms with Crippen molar-refractivity contribution in [2.75, 3.05) is 82.3 Å². The van der Waals surface area contributed by atoms with Crippen LogP contribution in [-0.4, -0.2) is 102 Å². The molecule has 11 nitrogen and oxygen atoms in total. The molecule has 0 bridgehead atoms. The maximum Gasteiger partial charge on any atom is 0.229 e. The van der Waals surface area contributed by atoms with Gasteiger partial charge >= 0.3 is 0 Å². The maximum absolute atomic E-state index is 13.3. The number of methoxy groups -OCH3 is 1. The molecule has 0 radical (unpaired) electrons. The van der Waals surface area contributed by atoms with E-state index in [0.29, 0.717) is 33.4 Å². The van der Waals surface area contributed by atoms with E-state index in [-0.39, 0.29) is 0 Å². The lowest BCUT2D eigenvalue weighted by Crippen LogP contribution is -2.52. The summed E-state index contributed by atoms with van der Waals surface area (Å²) in [4.78, 5) is 16.9. The summed E-state index contributed by atoms with van der Waals surface area (Å²) in [7, 11) is 1.22. The summed E-state index contributed by atoms with van der Waals surface area (Å²) in [6.45, 7) is 12.4. The van der Waals surface area contributed by atoms with Crippen LogP contribution in [0.25, 0.3) is 5.52 Å². The monoisotopic (exact) mass is 695 g/mol. The van der Waals surface area contributed by atoms with Gasteiger partial charge in [-0.25, -0.2) is 9.50 Å². The average molecular weight is 697 g/mol. The molecule has 1 aromatic carbocycles. The number of ether oxygens (including phenoxy) is 1. The number of aryl methyl sites for hydroxylation is 1. The summed E-state index contributed by atoms with van der Waals surface area (Å²) in [6.07, 6.45) is 6.66. The number of hydrogen-bond acceptors (Lipinski definition) is 10. The molecule has 2 saturated heterocycles. The topological polar surface area (TPSA) is 103 Å². The van der Waals surface area contributed by atoms with E-state index < -0.39 is 7.14 Å². The Kier molecular flexibility index (Phi) is 9.38. The minimum Gasteiger partial charge on any atom is -0.494 e. The zero-order valence-corrected chi connectivity index (χ0v) is 29.2. The van der Waals surface area contributed by atoms with Crippen molar-refractivity contribution in [1.82, 2.24) is 29.4 Å². The Morgan fingerprint density at radius 1 is 1.02 bits per heavy atom. The van der Waals surface area contributed by atoms with Gasteiger partial charge in [-0.05, 0) is 85.4 Å². The van der Waals surface area contributed by atoms with E-state index in [1.807, 2.05) is 18.2 Å². The molecule has 2 aliphatic heterocycles. The van der Waals surface area contributed by atoms with Gasteiger partial charge in [-0.3, -0.25) is 4.90 Å². The number of halogens is 1. The van der Waals surface area contributed by atoms with Crippen molar-refractivity contribution in [3.63, 3.8) is 0 Å². The van der Waals surface area contributed by atoms with Crippen LogP contribution >= 0.6 is 23.1 Å². The van der Waals surface area contributed by atoms with Gasteiger partial charge in [0.25, 0.3) is 0 Å². The summed E-state index contributed by atoms with van der Waals surface area (Å²) in [6, 6.07) is 10.7. The van der Waals surface area contributed by atoms with E-state index in [0.717, 1.165) is 49.6 Å². The fourth-order valence-electron chi connectivity index (χ4n) is 6.47. The molecule has 0 saturated carbocycles. The Morgan fingerprint density at radius 2 is 1.78 bits per heavy atom. The Labute approximate surface area is 273 Å². The summed E-state index contributed by atoms with van der Waals surface area (Å²) in [5, 5.41) is 11.2. The molecule has 2 aliphatic rings. The minimum atomic E-state index is -2.70. The number of anilines is 5. The third-order valence-corrected chi connectivity index (χ3v) is 11.0. The van der Waals surface area contributed by atoms with Crippen LogP contribution in [0.15, 0.2) is 47.2 Å². The summed E-state index contributed by atoms with van der Waals surface area (Å²) >= 11 is 3.59. The molecule has 0 atom stereocenters. The molecule has 240 valence electrons. The molecule has 2 fully saturated rings. The Hall–Kier alpha value is -3.18. The van der Waals surface area contributed by atoms with Crippen LogP contribution in [0.2, 0.25) is 0 Å². The van der Waals surface area contributed by atoms with Crippen LogP contribution in [0, 0.1) is 0 Å². The minimum absolute atomic E-state index is 0.416. The molecule has 5 heterocycles. The second-order valence-corrected chi connectivity index (χ2v) is 16.3. The first-order valence-corrected chi connectivity index (χ1v) is 19.0. The van der Waals surface area contributed by atoms with Crippen LogP contribution in [0.3, 0.4) is 0 Å². The molecular formula is C32H43BrN9O2P. The third-order valence-electron chi connectivity index (χ3n) is 8.93. The summed E-state index contributed by atoms with van der Waals surface area (Å²) in [5.41, 5.74) is 5.49. The van der Waals surface area contributed by atoms with Gasteiger partial charge in [-0.2, -0.15) is 10.1 Å². The molecule has 0 unspecified atom stereocenters. The van der Waals surface area contributed by atoms with Crippen molar-refractivity contribution in [3.8, 4) is 5.75 Å². The summed E-state index contributed by atoms with van der Waals surface area (Å²) < 4.78 is 21.6. The quantitative estimate of drug-likeness (QED) is 0.221. The number of pyridine rings is 1. The van der Waals surface area contributed by atoms with Gasteiger partial charge in [0.1, 0.15) is 24.1 Å². The lowest BCUT2D eigenvalue weighted by atomic mass is 9.99. The molecular weight excluding hydrogens is 653 g/mol. The number of nitrogens with zero attached hydrogens (tertiary/aromatic N) is 7. The molecule has 6 rings (SSSR count).